The summed E-state index contributed by atoms with van der Waals surface area (Å²) in [4.78, 5) is 33.1. The van der Waals surface area contributed by atoms with Gasteiger partial charge in [0.2, 0.25) is 0 Å². The third kappa shape index (κ3) is 5.23. The number of benzene rings is 3. The fourth-order valence-electron chi connectivity index (χ4n) is 5.50. The summed E-state index contributed by atoms with van der Waals surface area (Å²) in [5.41, 5.74) is 5.67. The van der Waals surface area contributed by atoms with Crippen molar-refractivity contribution in [1.82, 2.24) is 9.13 Å². The van der Waals surface area contributed by atoms with E-state index in [9.17, 15) is 14.0 Å². The maximum absolute atomic E-state index is 14.1. The molecule has 0 radical (unpaired) electrons. The summed E-state index contributed by atoms with van der Waals surface area (Å²) in [6, 6.07) is 24.2. The van der Waals surface area contributed by atoms with Crippen LogP contribution in [0.2, 0.25) is 0 Å². The highest BCUT2D eigenvalue weighted by atomic mass is 32.1. The van der Waals surface area contributed by atoms with E-state index < -0.39 is 6.04 Å². The van der Waals surface area contributed by atoms with Crippen molar-refractivity contribution >= 4 is 29.0 Å². The van der Waals surface area contributed by atoms with Gasteiger partial charge in [0.1, 0.15) is 11.6 Å². The highest BCUT2D eigenvalue weighted by molar-refractivity contribution is 7.07. The lowest BCUT2D eigenvalue weighted by molar-refractivity contribution is -0.113. The number of carbonyl (C=O) groups excluding carboxylic acids is 1. The van der Waals surface area contributed by atoms with E-state index in [0.717, 1.165) is 28.2 Å². The number of anilines is 1. The highest BCUT2D eigenvalue weighted by Crippen LogP contribution is 2.32. The van der Waals surface area contributed by atoms with Gasteiger partial charge in [-0.3, -0.25) is 14.2 Å². The molecule has 1 atom stereocenters. The summed E-state index contributed by atoms with van der Waals surface area (Å²) in [5.74, 6) is 0.0418. The zero-order chi connectivity index (χ0) is 30.2. The molecule has 0 saturated carbocycles. The highest BCUT2D eigenvalue weighted by Gasteiger charge is 2.32. The second kappa shape index (κ2) is 11.3. The van der Waals surface area contributed by atoms with Crippen LogP contribution in [0.5, 0.6) is 5.75 Å². The normalized spacial score (nSPS) is 14.8. The summed E-state index contributed by atoms with van der Waals surface area (Å²) < 4.78 is 23.0. The summed E-state index contributed by atoms with van der Waals surface area (Å²) in [7, 11) is 1.59. The quantitative estimate of drug-likeness (QED) is 0.286. The van der Waals surface area contributed by atoms with Crippen molar-refractivity contribution in [1.29, 1.82) is 0 Å². The fraction of sp³-hybridized carbons (Fsp3) is 0.147. The molecule has 7 nitrogen and oxygen atoms in total. The Morgan fingerprint density at radius 2 is 1.70 bits per heavy atom. The number of carbonyl (C=O) groups is 1. The molecule has 5 aromatic rings. The van der Waals surface area contributed by atoms with Crippen molar-refractivity contribution in [2.75, 3.05) is 12.4 Å². The minimum absolute atomic E-state index is 0.242. The van der Waals surface area contributed by atoms with Gasteiger partial charge in [-0.15, -0.1) is 0 Å². The molecule has 1 aliphatic rings. The molecule has 0 fully saturated rings. The number of nitrogens with zero attached hydrogens (tertiary/aromatic N) is 3. The Balaban J connectivity index is 1.49. The van der Waals surface area contributed by atoms with Gasteiger partial charge in [-0.2, -0.15) is 0 Å². The lowest BCUT2D eigenvalue weighted by Crippen LogP contribution is -2.40. The molecule has 3 aromatic carbocycles. The predicted octanol–water partition coefficient (Wildman–Crippen LogP) is 5.43. The van der Waals surface area contributed by atoms with Crippen LogP contribution in [0.1, 0.15) is 35.5 Å². The van der Waals surface area contributed by atoms with Crippen molar-refractivity contribution < 1.29 is 13.9 Å². The molecule has 0 spiro atoms. The predicted molar refractivity (Wildman–Crippen MR) is 167 cm³/mol. The molecular formula is C34H29FN4O3S. The van der Waals surface area contributed by atoms with Crippen LogP contribution in [-0.2, 0) is 4.79 Å². The number of aryl methyl sites for hydroxylation is 1. The lowest BCUT2D eigenvalue weighted by atomic mass is 9.95. The van der Waals surface area contributed by atoms with E-state index in [2.05, 4.69) is 5.32 Å². The average molecular weight is 593 g/mol. The number of fused-ring (bicyclic) bond motifs is 1. The molecule has 43 heavy (non-hydrogen) atoms. The first-order valence-electron chi connectivity index (χ1n) is 13.7. The number of ether oxygens (including phenoxy) is 1. The second-order valence-corrected chi connectivity index (χ2v) is 11.3. The molecule has 1 aliphatic heterocycles. The van der Waals surface area contributed by atoms with E-state index >= 15 is 0 Å². The number of allylic oxidation sites excluding steroid dienone is 1. The van der Waals surface area contributed by atoms with Crippen LogP contribution in [0.25, 0.3) is 11.8 Å². The molecule has 6 rings (SSSR count). The van der Waals surface area contributed by atoms with Gasteiger partial charge >= 0.3 is 0 Å². The van der Waals surface area contributed by atoms with E-state index in [0.29, 0.717) is 32.0 Å². The minimum atomic E-state index is -0.695. The van der Waals surface area contributed by atoms with Crippen LogP contribution in [0, 0.1) is 19.7 Å². The van der Waals surface area contributed by atoms with E-state index in [4.69, 9.17) is 9.73 Å². The Kier molecular flexibility index (Phi) is 7.41. The Bertz CT molecular complexity index is 2060. The van der Waals surface area contributed by atoms with Gasteiger partial charge in [0.25, 0.3) is 11.5 Å². The summed E-state index contributed by atoms with van der Waals surface area (Å²) in [5, 5.41) is 2.97. The number of halogens is 1. The lowest BCUT2D eigenvalue weighted by Gasteiger charge is -2.25. The van der Waals surface area contributed by atoms with Crippen molar-refractivity contribution in [3.8, 4) is 11.4 Å². The summed E-state index contributed by atoms with van der Waals surface area (Å²) in [6.45, 7) is 5.74. The van der Waals surface area contributed by atoms with Crippen LogP contribution < -0.4 is 24.9 Å². The van der Waals surface area contributed by atoms with Gasteiger partial charge < -0.3 is 14.6 Å². The van der Waals surface area contributed by atoms with Crippen LogP contribution in [0.15, 0.2) is 106 Å². The third-order valence-electron chi connectivity index (χ3n) is 7.57. The first kappa shape index (κ1) is 28.1. The van der Waals surface area contributed by atoms with E-state index in [-0.39, 0.29) is 17.3 Å². The number of rotatable bonds is 6. The van der Waals surface area contributed by atoms with Crippen molar-refractivity contribution in [3.05, 3.63) is 144 Å². The maximum atomic E-state index is 14.1. The molecule has 3 heterocycles. The van der Waals surface area contributed by atoms with Gasteiger partial charge in [-0.1, -0.05) is 41.7 Å². The number of thiazole rings is 1. The molecule has 9 heteroatoms. The first-order chi connectivity index (χ1) is 20.7. The standard InChI is InChI=1S/C34H29FN4O3S/c1-20-18-24(22(3)38(20)27-14-12-25(35)13-15-27)19-29-33(41)39-31(23-10-16-28(42-4)17-11-23)30(21(2)36-34(39)43-29)32(40)37-26-8-6-5-7-9-26/h5-19,31H,1-4H3,(H,37,40)/b29-19+/t31-/m0/s1. The minimum Gasteiger partial charge on any atom is -0.497 e. The number of amides is 1. The van der Waals surface area contributed by atoms with Crippen LogP contribution in [0.3, 0.4) is 0 Å². The van der Waals surface area contributed by atoms with Gasteiger partial charge in [-0.25, -0.2) is 9.38 Å². The van der Waals surface area contributed by atoms with Gasteiger partial charge in [0.05, 0.1) is 29.0 Å². The van der Waals surface area contributed by atoms with E-state index in [1.54, 1.807) is 30.7 Å². The van der Waals surface area contributed by atoms with Gasteiger partial charge in [-0.05, 0) is 92.6 Å². The first-order valence-corrected chi connectivity index (χ1v) is 14.5. The molecule has 0 aliphatic carbocycles. The number of aromatic nitrogens is 2. The van der Waals surface area contributed by atoms with Crippen LogP contribution in [-0.4, -0.2) is 22.2 Å². The Morgan fingerprint density at radius 1 is 1.00 bits per heavy atom. The second-order valence-electron chi connectivity index (χ2n) is 10.3. The van der Waals surface area contributed by atoms with E-state index in [1.807, 2.05) is 85.2 Å². The van der Waals surface area contributed by atoms with Crippen molar-refractivity contribution in [3.63, 3.8) is 0 Å². The Labute approximate surface area is 251 Å². The third-order valence-corrected chi connectivity index (χ3v) is 8.55. The molecule has 1 amide bonds. The smallest absolute Gasteiger partial charge is 0.271 e. The van der Waals surface area contributed by atoms with E-state index in [1.165, 1.54) is 23.5 Å². The van der Waals surface area contributed by atoms with Crippen LogP contribution >= 0.6 is 11.3 Å². The number of hydrogen-bond acceptors (Lipinski definition) is 5. The zero-order valence-electron chi connectivity index (χ0n) is 24.1. The average Bonchev–Trinajstić information content (AvgIpc) is 3.46. The SMILES string of the molecule is COc1ccc([C@H]2C(C(=O)Nc3ccccc3)=C(C)N=c3s/c(=C/c4cc(C)n(-c5ccc(F)cc5)c4C)c(=O)n32)cc1. The Hall–Kier alpha value is -5.02. The van der Waals surface area contributed by atoms with Gasteiger partial charge in [0.15, 0.2) is 4.80 Å². The number of para-hydroxylation sites is 1. The summed E-state index contributed by atoms with van der Waals surface area (Å²) in [6.07, 6.45) is 1.86. The monoisotopic (exact) mass is 592 g/mol. The zero-order valence-corrected chi connectivity index (χ0v) is 24.9. The maximum Gasteiger partial charge on any atom is 0.271 e. The summed E-state index contributed by atoms with van der Waals surface area (Å²) >= 11 is 1.28. The molecular weight excluding hydrogens is 563 g/mol. The topological polar surface area (TPSA) is 77.6 Å². The van der Waals surface area contributed by atoms with Gasteiger partial charge in [0, 0.05) is 22.8 Å². The molecule has 1 N–H and O–H groups in total. The number of methoxy groups -OCH3 is 1. The molecule has 0 bridgehead atoms. The fourth-order valence-corrected chi connectivity index (χ4v) is 6.53. The molecule has 0 saturated heterocycles. The molecule has 0 unspecified atom stereocenters. The molecule has 216 valence electrons. The van der Waals surface area contributed by atoms with Crippen LogP contribution in [0.4, 0.5) is 10.1 Å². The largest absolute Gasteiger partial charge is 0.497 e. The number of hydrogen-bond donors (Lipinski definition) is 1. The number of nitrogens with one attached hydrogen (secondary N) is 1. The molecule has 2 aromatic heterocycles. The van der Waals surface area contributed by atoms with Crippen molar-refractivity contribution in [2.45, 2.75) is 26.8 Å². The Morgan fingerprint density at radius 3 is 2.37 bits per heavy atom. The van der Waals surface area contributed by atoms with Crippen molar-refractivity contribution in [2.24, 2.45) is 4.99 Å².